The van der Waals surface area contributed by atoms with Crippen molar-refractivity contribution < 1.29 is 14.1 Å². The van der Waals surface area contributed by atoms with E-state index in [1.54, 1.807) is 7.05 Å². The second-order valence-electron chi connectivity index (χ2n) is 11.6. The molecular weight excluding hydrogens is 434 g/mol. The van der Waals surface area contributed by atoms with E-state index in [0.29, 0.717) is 6.42 Å². The highest BCUT2D eigenvalue weighted by Crippen LogP contribution is 2.49. The molecule has 5 nitrogen and oxygen atoms in total. The van der Waals surface area contributed by atoms with Crippen LogP contribution in [0.15, 0.2) is 42.0 Å². The van der Waals surface area contributed by atoms with Crippen LogP contribution >= 0.6 is 0 Å². The van der Waals surface area contributed by atoms with Crippen molar-refractivity contribution in [3.63, 3.8) is 0 Å². The number of hydrogen-bond donors (Lipinski definition) is 1. The second-order valence-corrected chi connectivity index (χ2v) is 11.6. The van der Waals surface area contributed by atoms with Crippen molar-refractivity contribution >= 4 is 29.1 Å². The van der Waals surface area contributed by atoms with E-state index >= 15 is 0 Å². The summed E-state index contributed by atoms with van der Waals surface area (Å²) in [6.07, 6.45) is 5.03. The number of hydrogen-bond acceptors (Lipinski definition) is 3. The molecule has 6 rings (SSSR count). The van der Waals surface area contributed by atoms with E-state index in [1.807, 2.05) is 0 Å². The first-order valence-corrected chi connectivity index (χ1v) is 13.0. The van der Waals surface area contributed by atoms with Crippen LogP contribution in [0.2, 0.25) is 0 Å². The van der Waals surface area contributed by atoms with Gasteiger partial charge in [0.25, 0.3) is 0 Å². The Labute approximate surface area is 208 Å². The van der Waals surface area contributed by atoms with Gasteiger partial charge in [0, 0.05) is 61.9 Å². The number of rotatable bonds is 3. The van der Waals surface area contributed by atoms with E-state index in [9.17, 15) is 4.79 Å². The molecule has 2 aromatic rings. The molecule has 1 unspecified atom stereocenters. The number of nitrogens with zero attached hydrogens (tertiary/aromatic N) is 2. The van der Waals surface area contributed by atoms with Crippen LogP contribution in [0.5, 0.6) is 5.75 Å². The first-order valence-electron chi connectivity index (χ1n) is 13.0. The zero-order valence-corrected chi connectivity index (χ0v) is 21.6. The fourth-order valence-corrected chi connectivity index (χ4v) is 6.60. The van der Waals surface area contributed by atoms with Crippen LogP contribution in [-0.2, 0) is 15.6 Å². The van der Waals surface area contributed by atoms with Gasteiger partial charge in [-0.05, 0) is 43.4 Å². The molecule has 0 aliphatic carbocycles. The largest absolute Gasteiger partial charge is 0.485 e. The van der Waals surface area contributed by atoms with Crippen molar-refractivity contribution in [1.82, 2.24) is 5.32 Å². The Morgan fingerprint density at radius 3 is 2.77 bits per heavy atom. The minimum absolute atomic E-state index is 0.0495. The number of amides is 1. The standard InChI is InChI=1S/C30H35N3O2/c1-29(2)12-15-32(13-11-27(34)31-5)24-18-26-19(17-22(24)29)16-20-25(35-26)10-14-33-23-9-7-6-8-21(23)30(3,4)28(20)33/h6-9,16-18,25H,10-15H2,1-5H3/p+1. The fourth-order valence-electron chi connectivity index (χ4n) is 6.60. The van der Waals surface area contributed by atoms with Gasteiger partial charge in [-0.25, -0.2) is 0 Å². The average Bonchev–Trinajstić information content (AvgIpc) is 3.08. The molecule has 4 heterocycles. The van der Waals surface area contributed by atoms with Crippen LogP contribution in [0.1, 0.15) is 63.6 Å². The molecule has 182 valence electrons. The second kappa shape index (κ2) is 7.71. The van der Waals surface area contributed by atoms with Crippen LogP contribution in [-0.4, -0.2) is 49.0 Å². The highest BCUT2D eigenvalue weighted by atomic mass is 16.5. The Kier molecular flexibility index (Phi) is 4.93. The molecule has 0 saturated carbocycles. The molecule has 4 aliphatic heterocycles. The summed E-state index contributed by atoms with van der Waals surface area (Å²) in [5, 5.41) is 2.75. The maximum absolute atomic E-state index is 11.9. The van der Waals surface area contributed by atoms with Gasteiger partial charge in [0.15, 0.2) is 12.3 Å². The van der Waals surface area contributed by atoms with Gasteiger partial charge in [-0.15, -0.1) is 0 Å². The number of nitrogens with one attached hydrogen (secondary N) is 1. The van der Waals surface area contributed by atoms with E-state index in [1.165, 1.54) is 39.3 Å². The first kappa shape index (κ1) is 22.4. The predicted octanol–water partition coefficient (Wildman–Crippen LogP) is 4.93. The van der Waals surface area contributed by atoms with Crippen molar-refractivity contribution in [2.75, 3.05) is 31.6 Å². The number of fused-ring (bicyclic) bond motifs is 6. The SMILES string of the molecule is CNC(=O)CCN1CCC(C)(C)c2cc3c(cc21)OC1CC[N+]2=C(C1=C3)C(C)(C)c1ccccc12. The summed E-state index contributed by atoms with van der Waals surface area (Å²) in [7, 11) is 1.71. The molecule has 2 aromatic carbocycles. The average molecular weight is 471 g/mol. The maximum Gasteiger partial charge on any atom is 0.221 e. The van der Waals surface area contributed by atoms with Crippen LogP contribution in [0.3, 0.4) is 0 Å². The van der Waals surface area contributed by atoms with Gasteiger partial charge < -0.3 is 15.0 Å². The Bertz CT molecular complexity index is 1300. The van der Waals surface area contributed by atoms with Gasteiger partial charge in [0.1, 0.15) is 11.9 Å². The number of ether oxygens (including phenoxy) is 1. The van der Waals surface area contributed by atoms with Gasteiger partial charge in [0.2, 0.25) is 11.6 Å². The van der Waals surface area contributed by atoms with Gasteiger partial charge in [-0.1, -0.05) is 32.0 Å². The van der Waals surface area contributed by atoms with Crippen LogP contribution in [0, 0.1) is 0 Å². The van der Waals surface area contributed by atoms with E-state index in [4.69, 9.17) is 4.74 Å². The van der Waals surface area contributed by atoms with Crippen LogP contribution < -0.4 is 15.0 Å². The third-order valence-electron chi connectivity index (χ3n) is 8.64. The quantitative estimate of drug-likeness (QED) is 0.647. The fraction of sp³-hybridized carbons (Fsp3) is 0.467. The van der Waals surface area contributed by atoms with Gasteiger partial charge in [0.05, 0.1) is 11.0 Å². The number of anilines is 1. The molecule has 5 heteroatoms. The summed E-state index contributed by atoms with van der Waals surface area (Å²) in [6.45, 7) is 12.0. The van der Waals surface area contributed by atoms with Gasteiger partial charge in [-0.2, -0.15) is 4.58 Å². The highest BCUT2D eigenvalue weighted by molar-refractivity contribution is 6.11. The van der Waals surface area contributed by atoms with E-state index < -0.39 is 0 Å². The number of para-hydroxylation sites is 1. The Balaban J connectivity index is 1.44. The lowest BCUT2D eigenvalue weighted by molar-refractivity contribution is -0.444. The van der Waals surface area contributed by atoms with Crippen molar-refractivity contribution in [3.8, 4) is 5.75 Å². The number of carbonyl (C=O) groups excluding carboxylic acids is 1. The molecule has 1 atom stereocenters. The monoisotopic (exact) mass is 470 g/mol. The lowest BCUT2D eigenvalue weighted by Gasteiger charge is -2.41. The Morgan fingerprint density at radius 1 is 1.17 bits per heavy atom. The number of benzene rings is 2. The molecule has 35 heavy (non-hydrogen) atoms. The van der Waals surface area contributed by atoms with E-state index in [2.05, 4.69) is 85.0 Å². The maximum atomic E-state index is 11.9. The minimum Gasteiger partial charge on any atom is -0.485 e. The summed E-state index contributed by atoms with van der Waals surface area (Å²) in [4.78, 5) is 14.3. The molecular formula is C30H36N3O2+. The van der Waals surface area contributed by atoms with Crippen molar-refractivity contribution in [3.05, 3.63) is 58.7 Å². The van der Waals surface area contributed by atoms with Gasteiger partial charge in [-0.3, -0.25) is 4.79 Å². The zero-order valence-electron chi connectivity index (χ0n) is 21.6. The Morgan fingerprint density at radius 2 is 1.97 bits per heavy atom. The topological polar surface area (TPSA) is 44.6 Å². The molecule has 0 bridgehead atoms. The summed E-state index contributed by atoms with van der Waals surface area (Å²) >= 11 is 0. The number of carbonyl (C=O) groups is 1. The lowest BCUT2D eigenvalue weighted by atomic mass is 9.74. The van der Waals surface area contributed by atoms with Crippen molar-refractivity contribution in [2.24, 2.45) is 0 Å². The zero-order chi connectivity index (χ0) is 24.5. The molecule has 0 fully saturated rings. The van der Waals surface area contributed by atoms with Crippen molar-refractivity contribution in [2.45, 2.75) is 63.9 Å². The summed E-state index contributed by atoms with van der Waals surface area (Å²) in [5.41, 5.74) is 9.25. The van der Waals surface area contributed by atoms with Crippen LogP contribution in [0.25, 0.3) is 6.08 Å². The van der Waals surface area contributed by atoms with Gasteiger partial charge >= 0.3 is 0 Å². The molecule has 1 amide bonds. The highest BCUT2D eigenvalue weighted by Gasteiger charge is 2.52. The van der Waals surface area contributed by atoms with Crippen molar-refractivity contribution in [1.29, 1.82) is 0 Å². The minimum atomic E-state index is -0.0495. The molecule has 0 aromatic heterocycles. The lowest BCUT2D eigenvalue weighted by Crippen LogP contribution is -2.43. The van der Waals surface area contributed by atoms with E-state index in [0.717, 1.165) is 38.2 Å². The summed E-state index contributed by atoms with van der Waals surface area (Å²) in [5.74, 6) is 1.06. The molecule has 0 saturated heterocycles. The molecule has 4 aliphatic rings. The normalized spacial score (nSPS) is 22.7. The van der Waals surface area contributed by atoms with E-state index in [-0.39, 0.29) is 22.8 Å². The summed E-state index contributed by atoms with van der Waals surface area (Å²) < 4.78 is 9.27. The van der Waals surface area contributed by atoms with Crippen LogP contribution in [0.4, 0.5) is 11.4 Å². The molecule has 0 spiro atoms. The first-order chi connectivity index (χ1) is 16.7. The molecule has 1 N–H and O–H groups in total. The Hall–Kier alpha value is -3.08. The molecule has 0 radical (unpaired) electrons. The third-order valence-corrected chi connectivity index (χ3v) is 8.64. The third kappa shape index (κ3) is 3.35. The smallest absolute Gasteiger partial charge is 0.221 e. The predicted molar refractivity (Wildman–Crippen MR) is 141 cm³/mol. The summed E-state index contributed by atoms with van der Waals surface area (Å²) in [6, 6.07) is 13.4.